The smallest absolute Gasteiger partial charge is 0.317 e. The van der Waals surface area contributed by atoms with Crippen LogP contribution in [-0.2, 0) is 23.9 Å². The summed E-state index contributed by atoms with van der Waals surface area (Å²) >= 11 is 0. The van der Waals surface area contributed by atoms with Gasteiger partial charge in [-0.15, -0.1) is 0 Å². The van der Waals surface area contributed by atoms with Crippen molar-refractivity contribution < 1.29 is 23.9 Å². The number of hydrogen-bond acceptors (Lipinski definition) is 5. The summed E-state index contributed by atoms with van der Waals surface area (Å²) in [5, 5.41) is 0. The van der Waals surface area contributed by atoms with Crippen LogP contribution in [0.1, 0.15) is 26.7 Å². The Morgan fingerprint density at radius 1 is 0.941 bits per heavy atom. The lowest BCUT2D eigenvalue weighted by Gasteiger charge is -2.32. The summed E-state index contributed by atoms with van der Waals surface area (Å²) in [5.41, 5.74) is 0. The third-order valence-corrected chi connectivity index (χ3v) is 3.84. The molecule has 0 aromatic heterocycles. The van der Waals surface area contributed by atoms with Gasteiger partial charge < -0.3 is 4.74 Å². The number of ketones is 2. The van der Waals surface area contributed by atoms with Crippen molar-refractivity contribution in [1.82, 2.24) is 0 Å². The van der Waals surface area contributed by atoms with Crippen LogP contribution in [0.3, 0.4) is 0 Å². The van der Waals surface area contributed by atoms with Crippen molar-refractivity contribution in [3.8, 4) is 0 Å². The number of ether oxygens (including phenoxy) is 1. The molecule has 0 radical (unpaired) electrons. The molecule has 4 atom stereocenters. The molecule has 1 saturated heterocycles. The van der Waals surface area contributed by atoms with E-state index in [-0.39, 0.29) is 24.4 Å². The molecule has 0 aromatic rings. The van der Waals surface area contributed by atoms with E-state index < -0.39 is 35.6 Å². The second-order valence-electron chi connectivity index (χ2n) is 4.86. The second kappa shape index (κ2) is 4.05. The van der Waals surface area contributed by atoms with Gasteiger partial charge in [0.2, 0.25) is 0 Å². The zero-order valence-electron chi connectivity index (χ0n) is 9.76. The predicted molar refractivity (Wildman–Crippen MR) is 55.7 cm³/mol. The fourth-order valence-corrected chi connectivity index (χ4v) is 2.87. The number of carbonyl (C=O) groups excluding carboxylic acids is 4. The highest BCUT2D eigenvalue weighted by molar-refractivity contribution is 5.98. The molecule has 1 heterocycles. The van der Waals surface area contributed by atoms with Crippen LogP contribution in [0.4, 0.5) is 0 Å². The van der Waals surface area contributed by atoms with E-state index in [2.05, 4.69) is 4.74 Å². The highest BCUT2D eigenvalue weighted by atomic mass is 16.6. The molecule has 5 nitrogen and oxygen atoms in total. The minimum atomic E-state index is -0.548. The van der Waals surface area contributed by atoms with Gasteiger partial charge in [-0.05, 0) is 26.7 Å². The Bertz CT molecular complexity index is 373. The number of esters is 2. The molecular weight excluding hydrogens is 224 g/mol. The normalized spacial score (nSPS) is 36.4. The molecule has 92 valence electrons. The minimum Gasteiger partial charge on any atom is -0.393 e. The van der Waals surface area contributed by atoms with Gasteiger partial charge in [0.15, 0.2) is 0 Å². The first kappa shape index (κ1) is 12.0. The molecule has 0 amide bonds. The number of carbonyl (C=O) groups is 4. The van der Waals surface area contributed by atoms with Crippen LogP contribution in [0, 0.1) is 23.7 Å². The number of cyclic esters (lactones) is 2. The average Bonchev–Trinajstić information content (AvgIpc) is 2.52. The maximum Gasteiger partial charge on any atom is 0.317 e. The van der Waals surface area contributed by atoms with Gasteiger partial charge in [0.1, 0.15) is 11.6 Å². The van der Waals surface area contributed by atoms with Crippen LogP contribution in [-0.4, -0.2) is 23.5 Å². The first-order valence-corrected chi connectivity index (χ1v) is 5.68. The summed E-state index contributed by atoms with van der Waals surface area (Å²) < 4.78 is 4.56. The Morgan fingerprint density at radius 2 is 1.29 bits per heavy atom. The number of hydrogen-bond donors (Lipinski definition) is 0. The Balaban J connectivity index is 2.27. The molecule has 0 bridgehead atoms. The molecule has 2 rings (SSSR count). The van der Waals surface area contributed by atoms with E-state index in [1.807, 2.05) is 0 Å². The third kappa shape index (κ3) is 1.90. The molecule has 1 saturated carbocycles. The number of Topliss-reactive ketones (excluding diaryl/α,β-unsaturated/α-hetero) is 2. The molecule has 2 fully saturated rings. The molecular formula is C12H14O5. The van der Waals surface area contributed by atoms with Crippen molar-refractivity contribution >= 4 is 23.5 Å². The predicted octanol–water partition coefficient (Wildman–Crippen LogP) is 0.506. The van der Waals surface area contributed by atoms with Gasteiger partial charge in [0.05, 0.1) is 11.8 Å². The summed E-state index contributed by atoms with van der Waals surface area (Å²) in [4.78, 5) is 45.9. The molecule has 0 N–H and O–H groups in total. The van der Waals surface area contributed by atoms with Crippen LogP contribution >= 0.6 is 0 Å². The SMILES string of the molecule is CC(=O)C1CC2C(=O)OC(=O)C2CC1C(C)=O. The van der Waals surface area contributed by atoms with Crippen molar-refractivity contribution in [2.75, 3.05) is 0 Å². The molecule has 0 spiro atoms. The van der Waals surface area contributed by atoms with E-state index in [9.17, 15) is 19.2 Å². The monoisotopic (exact) mass is 238 g/mol. The van der Waals surface area contributed by atoms with Crippen LogP contribution in [0.15, 0.2) is 0 Å². The highest BCUT2D eigenvalue weighted by Gasteiger charge is 2.52. The molecule has 17 heavy (non-hydrogen) atoms. The summed E-state index contributed by atoms with van der Waals surface area (Å²) in [6.07, 6.45) is 0.518. The Hall–Kier alpha value is -1.52. The van der Waals surface area contributed by atoms with Crippen molar-refractivity contribution in [2.24, 2.45) is 23.7 Å². The van der Waals surface area contributed by atoms with E-state index >= 15 is 0 Å². The maximum atomic E-state index is 11.5. The van der Waals surface area contributed by atoms with Gasteiger partial charge in [-0.1, -0.05) is 0 Å². The topological polar surface area (TPSA) is 77.5 Å². The van der Waals surface area contributed by atoms with E-state index in [4.69, 9.17) is 0 Å². The first-order chi connectivity index (χ1) is 7.91. The van der Waals surface area contributed by atoms with Crippen LogP contribution in [0.5, 0.6) is 0 Å². The van der Waals surface area contributed by atoms with Gasteiger partial charge in [0.25, 0.3) is 0 Å². The van der Waals surface area contributed by atoms with Gasteiger partial charge in [-0.25, -0.2) is 0 Å². The summed E-state index contributed by atoms with van der Waals surface area (Å²) in [7, 11) is 0. The van der Waals surface area contributed by atoms with E-state index in [0.717, 1.165) is 0 Å². The standard InChI is InChI=1S/C12H14O5/c1-5(13)7-3-9-10(4-8(7)6(2)14)12(16)17-11(9)15/h7-10H,3-4H2,1-2H3. The molecule has 2 aliphatic rings. The summed E-state index contributed by atoms with van der Waals surface area (Å²) in [5.74, 6) is -3.27. The van der Waals surface area contributed by atoms with E-state index in [1.165, 1.54) is 13.8 Å². The Morgan fingerprint density at radius 3 is 1.59 bits per heavy atom. The number of fused-ring (bicyclic) bond motifs is 1. The molecule has 0 aromatic carbocycles. The Kier molecular flexibility index (Phi) is 2.85. The maximum absolute atomic E-state index is 11.5. The zero-order chi connectivity index (χ0) is 12.7. The summed E-state index contributed by atoms with van der Waals surface area (Å²) in [6, 6.07) is 0. The third-order valence-electron chi connectivity index (χ3n) is 3.84. The first-order valence-electron chi connectivity index (χ1n) is 5.68. The van der Waals surface area contributed by atoms with Gasteiger partial charge in [-0.3, -0.25) is 19.2 Å². The molecule has 1 aliphatic heterocycles. The summed E-state index contributed by atoms with van der Waals surface area (Å²) in [6.45, 7) is 2.84. The van der Waals surface area contributed by atoms with Crippen molar-refractivity contribution in [2.45, 2.75) is 26.7 Å². The fraction of sp³-hybridized carbons (Fsp3) is 0.667. The largest absolute Gasteiger partial charge is 0.393 e. The van der Waals surface area contributed by atoms with Crippen LogP contribution in [0.25, 0.3) is 0 Å². The van der Waals surface area contributed by atoms with Crippen LogP contribution in [0.2, 0.25) is 0 Å². The van der Waals surface area contributed by atoms with E-state index in [0.29, 0.717) is 0 Å². The van der Waals surface area contributed by atoms with Crippen molar-refractivity contribution in [3.05, 3.63) is 0 Å². The second-order valence-corrected chi connectivity index (χ2v) is 4.86. The van der Waals surface area contributed by atoms with Gasteiger partial charge in [-0.2, -0.15) is 0 Å². The fourth-order valence-electron chi connectivity index (χ4n) is 2.87. The van der Waals surface area contributed by atoms with E-state index in [1.54, 1.807) is 0 Å². The van der Waals surface area contributed by atoms with Crippen molar-refractivity contribution in [3.63, 3.8) is 0 Å². The molecule has 4 unspecified atom stereocenters. The molecule has 5 heteroatoms. The lowest BCUT2D eigenvalue weighted by molar-refractivity contribution is -0.153. The van der Waals surface area contributed by atoms with Gasteiger partial charge >= 0.3 is 11.9 Å². The van der Waals surface area contributed by atoms with Crippen LogP contribution < -0.4 is 0 Å². The Labute approximate surface area is 98.5 Å². The number of rotatable bonds is 2. The van der Waals surface area contributed by atoms with Gasteiger partial charge in [0, 0.05) is 11.8 Å². The lowest BCUT2D eigenvalue weighted by atomic mass is 9.67. The minimum absolute atomic E-state index is 0.101. The highest BCUT2D eigenvalue weighted by Crippen LogP contribution is 2.43. The van der Waals surface area contributed by atoms with Crippen molar-refractivity contribution in [1.29, 1.82) is 0 Å². The lowest BCUT2D eigenvalue weighted by Crippen LogP contribution is -2.39. The molecule has 1 aliphatic carbocycles. The zero-order valence-corrected chi connectivity index (χ0v) is 9.76. The quantitative estimate of drug-likeness (QED) is 0.517. The average molecular weight is 238 g/mol.